The Kier molecular flexibility index (Phi) is 4.34. The number of alkyl halides is 1. The van der Waals surface area contributed by atoms with E-state index >= 15 is 0 Å². The molecule has 2 heterocycles. The minimum absolute atomic E-state index is 0.00230. The zero-order chi connectivity index (χ0) is 13.9. The number of ether oxygens (including phenoxy) is 1. The highest BCUT2D eigenvalue weighted by Crippen LogP contribution is 2.24. The Morgan fingerprint density at radius 2 is 2.21 bits per heavy atom. The van der Waals surface area contributed by atoms with Crippen molar-refractivity contribution >= 4 is 5.82 Å². The Balaban J connectivity index is 2.13. The van der Waals surface area contributed by atoms with Crippen LogP contribution in [-0.2, 0) is 10.2 Å². The molecule has 19 heavy (non-hydrogen) atoms. The molecule has 0 saturated carbocycles. The zero-order valence-corrected chi connectivity index (χ0v) is 11.9. The molecule has 1 aliphatic heterocycles. The third kappa shape index (κ3) is 3.62. The van der Waals surface area contributed by atoms with Crippen molar-refractivity contribution in [3.63, 3.8) is 0 Å². The summed E-state index contributed by atoms with van der Waals surface area (Å²) in [5.41, 5.74) is 1.02. The highest BCUT2D eigenvalue weighted by Gasteiger charge is 2.23. The molecule has 0 N–H and O–H groups in total. The van der Waals surface area contributed by atoms with Crippen LogP contribution in [0.5, 0.6) is 0 Å². The number of aromatic nitrogens is 2. The van der Waals surface area contributed by atoms with Gasteiger partial charge in [-0.1, -0.05) is 20.8 Å². The van der Waals surface area contributed by atoms with Gasteiger partial charge in [0.1, 0.15) is 12.1 Å². The Morgan fingerprint density at radius 1 is 1.42 bits per heavy atom. The van der Waals surface area contributed by atoms with Crippen LogP contribution < -0.4 is 4.90 Å². The smallest absolute Gasteiger partial charge is 0.132 e. The minimum atomic E-state index is -0.338. The van der Waals surface area contributed by atoms with Gasteiger partial charge in [-0.3, -0.25) is 4.39 Å². The van der Waals surface area contributed by atoms with Crippen LogP contribution >= 0.6 is 0 Å². The average Bonchev–Trinajstić information content (AvgIpc) is 2.39. The number of hydrogen-bond donors (Lipinski definition) is 0. The van der Waals surface area contributed by atoms with Gasteiger partial charge in [0.25, 0.3) is 0 Å². The predicted molar refractivity (Wildman–Crippen MR) is 73.3 cm³/mol. The number of rotatable bonds is 3. The van der Waals surface area contributed by atoms with Crippen LogP contribution in [0.1, 0.15) is 32.9 Å². The maximum absolute atomic E-state index is 12.4. The van der Waals surface area contributed by atoms with Gasteiger partial charge in [-0.2, -0.15) is 0 Å². The molecule has 0 radical (unpaired) electrons. The first-order chi connectivity index (χ1) is 9.00. The van der Waals surface area contributed by atoms with Crippen LogP contribution in [0.2, 0.25) is 0 Å². The summed E-state index contributed by atoms with van der Waals surface area (Å²) in [6.45, 7) is 8.17. The SMILES string of the molecule is CC(C)(C)c1cc(N2CCOC(CCF)C2)ncn1. The standard InChI is InChI=1S/C14H22FN3O/c1-14(2,3)12-8-13(17-10-16-12)18-6-7-19-11(9-18)4-5-15/h8,10-11H,4-7,9H2,1-3H3. The van der Waals surface area contributed by atoms with Crippen LogP contribution in [0, 0.1) is 0 Å². The van der Waals surface area contributed by atoms with Crippen molar-refractivity contribution in [1.82, 2.24) is 9.97 Å². The first kappa shape index (κ1) is 14.2. The molecule has 2 rings (SSSR count). The second-order valence-corrected chi connectivity index (χ2v) is 5.93. The molecular weight excluding hydrogens is 245 g/mol. The molecule has 0 aliphatic carbocycles. The van der Waals surface area contributed by atoms with E-state index in [2.05, 4.69) is 35.6 Å². The molecular formula is C14H22FN3O. The van der Waals surface area contributed by atoms with Gasteiger partial charge < -0.3 is 9.64 Å². The summed E-state index contributed by atoms with van der Waals surface area (Å²) in [6, 6.07) is 2.03. The molecule has 0 bridgehead atoms. The zero-order valence-electron chi connectivity index (χ0n) is 11.9. The summed E-state index contributed by atoms with van der Waals surface area (Å²) in [5, 5.41) is 0. The molecule has 0 spiro atoms. The third-order valence-electron chi connectivity index (χ3n) is 3.31. The van der Waals surface area contributed by atoms with Crippen LogP contribution in [-0.4, -0.2) is 42.4 Å². The van der Waals surface area contributed by atoms with E-state index in [-0.39, 0.29) is 18.2 Å². The van der Waals surface area contributed by atoms with Crippen molar-refractivity contribution in [3.8, 4) is 0 Å². The van der Waals surface area contributed by atoms with Gasteiger partial charge >= 0.3 is 0 Å². The molecule has 106 valence electrons. The largest absolute Gasteiger partial charge is 0.374 e. The van der Waals surface area contributed by atoms with Gasteiger partial charge in [0.05, 0.1) is 25.1 Å². The van der Waals surface area contributed by atoms with Crippen molar-refractivity contribution in [1.29, 1.82) is 0 Å². The van der Waals surface area contributed by atoms with Crippen molar-refractivity contribution in [2.45, 2.75) is 38.7 Å². The fourth-order valence-electron chi connectivity index (χ4n) is 2.15. The second-order valence-electron chi connectivity index (χ2n) is 5.93. The van der Waals surface area contributed by atoms with Gasteiger partial charge in [0.15, 0.2) is 0 Å². The Bertz CT molecular complexity index is 417. The average molecular weight is 267 g/mol. The van der Waals surface area contributed by atoms with Gasteiger partial charge in [0.2, 0.25) is 0 Å². The van der Waals surface area contributed by atoms with E-state index in [0.29, 0.717) is 19.6 Å². The Labute approximate surface area is 114 Å². The monoisotopic (exact) mass is 267 g/mol. The van der Waals surface area contributed by atoms with Crippen molar-refractivity contribution < 1.29 is 9.13 Å². The number of hydrogen-bond acceptors (Lipinski definition) is 4. The molecule has 0 aromatic carbocycles. The van der Waals surface area contributed by atoms with Crippen molar-refractivity contribution in [2.24, 2.45) is 0 Å². The van der Waals surface area contributed by atoms with E-state index < -0.39 is 0 Å². The summed E-state index contributed by atoms with van der Waals surface area (Å²) < 4.78 is 17.9. The van der Waals surface area contributed by atoms with Crippen molar-refractivity contribution in [3.05, 3.63) is 18.1 Å². The fraction of sp³-hybridized carbons (Fsp3) is 0.714. The summed E-state index contributed by atoms with van der Waals surface area (Å²) in [6.07, 6.45) is 2.02. The van der Waals surface area contributed by atoms with E-state index in [1.54, 1.807) is 6.33 Å². The highest BCUT2D eigenvalue weighted by atomic mass is 19.1. The normalized spacial score (nSPS) is 20.6. The molecule has 1 saturated heterocycles. The molecule has 1 aliphatic rings. The quantitative estimate of drug-likeness (QED) is 0.842. The predicted octanol–water partition coefficient (Wildman–Crippen LogP) is 2.34. The highest BCUT2D eigenvalue weighted by molar-refractivity contribution is 5.40. The molecule has 1 unspecified atom stereocenters. The summed E-state index contributed by atoms with van der Waals surface area (Å²) >= 11 is 0. The Hall–Kier alpha value is -1.23. The lowest BCUT2D eigenvalue weighted by Crippen LogP contribution is -2.43. The first-order valence-corrected chi connectivity index (χ1v) is 6.76. The van der Waals surface area contributed by atoms with E-state index in [1.165, 1.54) is 0 Å². The lowest BCUT2D eigenvalue weighted by Gasteiger charge is -2.33. The van der Waals surface area contributed by atoms with Crippen LogP contribution in [0.15, 0.2) is 12.4 Å². The van der Waals surface area contributed by atoms with Crippen LogP contribution in [0.4, 0.5) is 10.2 Å². The van der Waals surface area contributed by atoms with E-state index in [1.807, 2.05) is 6.07 Å². The number of morpholine rings is 1. The van der Waals surface area contributed by atoms with Gasteiger partial charge in [0, 0.05) is 31.0 Å². The molecule has 1 aromatic rings. The van der Waals surface area contributed by atoms with E-state index in [9.17, 15) is 4.39 Å². The number of halogens is 1. The maximum Gasteiger partial charge on any atom is 0.132 e. The summed E-state index contributed by atoms with van der Waals surface area (Å²) in [7, 11) is 0. The van der Waals surface area contributed by atoms with E-state index in [4.69, 9.17) is 4.74 Å². The first-order valence-electron chi connectivity index (χ1n) is 6.76. The summed E-state index contributed by atoms with van der Waals surface area (Å²) in [4.78, 5) is 10.8. The van der Waals surface area contributed by atoms with Crippen LogP contribution in [0.25, 0.3) is 0 Å². The number of nitrogens with zero attached hydrogens (tertiary/aromatic N) is 3. The third-order valence-corrected chi connectivity index (χ3v) is 3.31. The summed E-state index contributed by atoms with van der Waals surface area (Å²) in [5.74, 6) is 0.909. The number of anilines is 1. The molecule has 0 amide bonds. The van der Waals surface area contributed by atoms with Gasteiger partial charge in [-0.25, -0.2) is 9.97 Å². The molecule has 1 fully saturated rings. The lowest BCUT2D eigenvalue weighted by atomic mass is 9.92. The lowest BCUT2D eigenvalue weighted by molar-refractivity contribution is 0.0310. The van der Waals surface area contributed by atoms with Crippen LogP contribution in [0.3, 0.4) is 0 Å². The van der Waals surface area contributed by atoms with E-state index in [0.717, 1.165) is 18.1 Å². The fourth-order valence-corrected chi connectivity index (χ4v) is 2.15. The molecule has 4 nitrogen and oxygen atoms in total. The second kappa shape index (κ2) is 5.82. The minimum Gasteiger partial charge on any atom is -0.374 e. The molecule has 1 aromatic heterocycles. The topological polar surface area (TPSA) is 38.2 Å². The molecule has 1 atom stereocenters. The van der Waals surface area contributed by atoms with Crippen molar-refractivity contribution in [2.75, 3.05) is 31.3 Å². The van der Waals surface area contributed by atoms with Gasteiger partial charge in [-0.05, 0) is 0 Å². The molecule has 5 heteroatoms. The van der Waals surface area contributed by atoms with Gasteiger partial charge in [-0.15, -0.1) is 0 Å². The Morgan fingerprint density at radius 3 is 2.89 bits per heavy atom. The maximum atomic E-state index is 12.4.